The molecule has 3 aromatic rings. The topological polar surface area (TPSA) is 88.5 Å². The standard InChI is InChI=1S/C31H33N5O2/c1-3-23(4-2)33-30(37)21-13-14-28(22(19-21)20-32)35-15-17-36(18-16-35)29-24-9-5-6-10-25(24)31(38)34-27-12-8-7-11-26(27)29/h5-14,19,23,29H,3-4,15-18H2,1-2H3,(H,33,37)(H,34,38). The normalized spacial score (nSPS) is 17.2. The molecule has 194 valence electrons. The lowest BCUT2D eigenvalue weighted by molar-refractivity contribution is 0.0934. The summed E-state index contributed by atoms with van der Waals surface area (Å²) in [5, 5.41) is 16.0. The van der Waals surface area contributed by atoms with E-state index in [0.717, 1.165) is 61.5 Å². The molecule has 0 saturated carbocycles. The Balaban J connectivity index is 1.37. The Bertz CT molecular complexity index is 1380. The third-order valence-electron chi connectivity index (χ3n) is 7.72. The summed E-state index contributed by atoms with van der Waals surface area (Å²) in [4.78, 5) is 30.3. The zero-order chi connectivity index (χ0) is 26.6. The fourth-order valence-electron chi connectivity index (χ4n) is 5.57. The Morgan fingerprint density at radius 2 is 1.68 bits per heavy atom. The van der Waals surface area contributed by atoms with E-state index in [-0.39, 0.29) is 23.9 Å². The van der Waals surface area contributed by atoms with Gasteiger partial charge in [-0.05, 0) is 54.3 Å². The van der Waals surface area contributed by atoms with Crippen molar-refractivity contribution >= 4 is 23.2 Å². The SMILES string of the molecule is CCC(CC)NC(=O)c1ccc(N2CCN(C3c4ccccc4NC(=O)c4ccccc43)CC2)c(C#N)c1. The summed E-state index contributed by atoms with van der Waals surface area (Å²) in [6, 6.07) is 23.6. The quantitative estimate of drug-likeness (QED) is 0.493. The largest absolute Gasteiger partial charge is 0.368 e. The highest BCUT2D eigenvalue weighted by Gasteiger charge is 2.33. The maximum atomic E-state index is 13.0. The maximum absolute atomic E-state index is 13.0. The zero-order valence-electron chi connectivity index (χ0n) is 21.9. The van der Waals surface area contributed by atoms with Crippen molar-refractivity contribution in [2.45, 2.75) is 38.8 Å². The summed E-state index contributed by atoms with van der Waals surface area (Å²) in [7, 11) is 0. The Morgan fingerprint density at radius 3 is 2.39 bits per heavy atom. The van der Waals surface area contributed by atoms with Crippen molar-refractivity contribution in [2.24, 2.45) is 0 Å². The minimum absolute atomic E-state index is 0.0462. The van der Waals surface area contributed by atoms with Crippen LogP contribution in [0.25, 0.3) is 0 Å². The summed E-state index contributed by atoms with van der Waals surface area (Å²) in [6.07, 6.45) is 1.74. The van der Waals surface area contributed by atoms with Crippen molar-refractivity contribution in [1.82, 2.24) is 10.2 Å². The Morgan fingerprint density at radius 1 is 1.00 bits per heavy atom. The van der Waals surface area contributed by atoms with Crippen molar-refractivity contribution < 1.29 is 9.59 Å². The number of nitrogens with zero attached hydrogens (tertiary/aromatic N) is 3. The third kappa shape index (κ3) is 4.88. The van der Waals surface area contributed by atoms with E-state index in [1.54, 1.807) is 6.07 Å². The van der Waals surface area contributed by atoms with Gasteiger partial charge in [0.15, 0.2) is 0 Å². The number of carbonyl (C=O) groups excluding carboxylic acids is 2. The number of hydrogen-bond donors (Lipinski definition) is 2. The number of nitriles is 1. The van der Waals surface area contributed by atoms with E-state index >= 15 is 0 Å². The number of piperazine rings is 1. The van der Waals surface area contributed by atoms with Gasteiger partial charge in [0.25, 0.3) is 11.8 Å². The molecule has 2 N–H and O–H groups in total. The Labute approximate surface area is 224 Å². The van der Waals surface area contributed by atoms with Crippen molar-refractivity contribution in [3.8, 4) is 6.07 Å². The first kappa shape index (κ1) is 25.5. The predicted molar refractivity (Wildman–Crippen MR) is 149 cm³/mol. The molecule has 1 fully saturated rings. The number of hydrogen-bond acceptors (Lipinski definition) is 5. The third-order valence-corrected chi connectivity index (χ3v) is 7.72. The van der Waals surface area contributed by atoms with Gasteiger partial charge in [-0.15, -0.1) is 0 Å². The number of para-hydroxylation sites is 1. The second-order valence-corrected chi connectivity index (χ2v) is 9.88. The lowest BCUT2D eigenvalue weighted by atomic mass is 9.93. The Hall–Kier alpha value is -4.15. The molecule has 7 heteroatoms. The van der Waals surface area contributed by atoms with E-state index in [0.29, 0.717) is 16.7 Å². The number of fused-ring (bicyclic) bond motifs is 2. The monoisotopic (exact) mass is 507 g/mol. The number of rotatable bonds is 6. The van der Waals surface area contributed by atoms with Gasteiger partial charge in [-0.1, -0.05) is 50.2 Å². The van der Waals surface area contributed by atoms with Gasteiger partial charge in [-0.3, -0.25) is 14.5 Å². The molecule has 0 aliphatic carbocycles. The van der Waals surface area contributed by atoms with Crippen molar-refractivity contribution in [1.29, 1.82) is 5.26 Å². The highest BCUT2D eigenvalue weighted by molar-refractivity contribution is 6.07. The Kier molecular flexibility index (Phi) is 7.43. The first-order chi connectivity index (χ1) is 18.5. The van der Waals surface area contributed by atoms with Gasteiger partial charge in [0, 0.05) is 49.0 Å². The minimum Gasteiger partial charge on any atom is -0.368 e. The van der Waals surface area contributed by atoms with Crippen LogP contribution in [0.4, 0.5) is 11.4 Å². The van der Waals surface area contributed by atoms with E-state index in [1.165, 1.54) is 0 Å². The van der Waals surface area contributed by atoms with E-state index in [9.17, 15) is 14.9 Å². The smallest absolute Gasteiger partial charge is 0.256 e. The highest BCUT2D eigenvalue weighted by atomic mass is 16.2. The maximum Gasteiger partial charge on any atom is 0.256 e. The molecule has 3 aromatic carbocycles. The summed E-state index contributed by atoms with van der Waals surface area (Å²) >= 11 is 0. The second-order valence-electron chi connectivity index (χ2n) is 9.88. The van der Waals surface area contributed by atoms with E-state index in [2.05, 4.69) is 46.4 Å². The molecule has 0 spiro atoms. The molecular formula is C31H33N5O2. The molecule has 0 radical (unpaired) electrons. The summed E-state index contributed by atoms with van der Waals surface area (Å²) < 4.78 is 0. The summed E-state index contributed by atoms with van der Waals surface area (Å²) in [5.74, 6) is -0.221. The van der Waals surface area contributed by atoms with E-state index in [4.69, 9.17) is 0 Å². The van der Waals surface area contributed by atoms with Crippen LogP contribution in [0.1, 0.15) is 70.1 Å². The van der Waals surface area contributed by atoms with Crippen molar-refractivity contribution in [3.05, 3.63) is 94.5 Å². The lowest BCUT2D eigenvalue weighted by Gasteiger charge is -2.41. The van der Waals surface area contributed by atoms with Gasteiger partial charge < -0.3 is 15.5 Å². The van der Waals surface area contributed by atoms with Crippen molar-refractivity contribution in [3.63, 3.8) is 0 Å². The van der Waals surface area contributed by atoms with Crippen LogP contribution in [0.15, 0.2) is 66.7 Å². The first-order valence-corrected chi connectivity index (χ1v) is 13.4. The number of nitrogens with one attached hydrogen (secondary N) is 2. The molecular weight excluding hydrogens is 474 g/mol. The van der Waals surface area contributed by atoms with Crippen LogP contribution in [-0.4, -0.2) is 48.9 Å². The molecule has 1 atom stereocenters. The minimum atomic E-state index is -0.138. The van der Waals surface area contributed by atoms with E-state index in [1.807, 2.05) is 54.6 Å². The average molecular weight is 508 g/mol. The van der Waals surface area contributed by atoms with Crippen LogP contribution in [0.2, 0.25) is 0 Å². The molecule has 0 aromatic heterocycles. The lowest BCUT2D eigenvalue weighted by Crippen LogP contribution is -2.48. The van der Waals surface area contributed by atoms with Gasteiger partial charge in [-0.2, -0.15) is 5.26 Å². The van der Waals surface area contributed by atoms with Crippen LogP contribution >= 0.6 is 0 Å². The van der Waals surface area contributed by atoms with Crippen LogP contribution < -0.4 is 15.5 Å². The van der Waals surface area contributed by atoms with Crippen LogP contribution in [0.3, 0.4) is 0 Å². The van der Waals surface area contributed by atoms with E-state index < -0.39 is 0 Å². The number of benzene rings is 3. The predicted octanol–water partition coefficient (Wildman–Crippen LogP) is 4.95. The highest BCUT2D eigenvalue weighted by Crippen LogP contribution is 2.39. The molecule has 1 unspecified atom stereocenters. The van der Waals surface area contributed by atoms with Gasteiger partial charge in [0.05, 0.1) is 17.3 Å². The first-order valence-electron chi connectivity index (χ1n) is 13.4. The van der Waals surface area contributed by atoms with Crippen LogP contribution in [-0.2, 0) is 0 Å². The van der Waals surface area contributed by atoms with Crippen LogP contribution in [0, 0.1) is 11.3 Å². The molecule has 38 heavy (non-hydrogen) atoms. The van der Waals surface area contributed by atoms with Gasteiger partial charge in [0.1, 0.15) is 6.07 Å². The average Bonchev–Trinajstić information content (AvgIpc) is 3.09. The molecule has 2 amide bonds. The molecule has 1 saturated heterocycles. The fourth-order valence-corrected chi connectivity index (χ4v) is 5.57. The van der Waals surface area contributed by atoms with Crippen LogP contribution in [0.5, 0.6) is 0 Å². The van der Waals surface area contributed by atoms with Gasteiger partial charge in [0.2, 0.25) is 0 Å². The fraction of sp³-hybridized carbons (Fsp3) is 0.323. The number of anilines is 2. The molecule has 7 nitrogen and oxygen atoms in total. The molecule has 5 rings (SSSR count). The number of amides is 2. The van der Waals surface area contributed by atoms with Crippen molar-refractivity contribution in [2.75, 3.05) is 36.4 Å². The molecule has 2 heterocycles. The van der Waals surface area contributed by atoms with Gasteiger partial charge in [-0.25, -0.2) is 0 Å². The van der Waals surface area contributed by atoms with Gasteiger partial charge >= 0.3 is 0 Å². The summed E-state index contributed by atoms with van der Waals surface area (Å²) in [6.45, 7) is 7.11. The molecule has 2 aliphatic heterocycles. The molecule has 2 aliphatic rings. The second kappa shape index (κ2) is 11.1. The zero-order valence-corrected chi connectivity index (χ0v) is 21.9. The number of carbonyl (C=O) groups is 2. The molecule has 0 bridgehead atoms. The summed E-state index contributed by atoms with van der Waals surface area (Å²) in [5.41, 5.74) is 5.51.